The molecule has 0 unspecified atom stereocenters. The average Bonchev–Trinajstić information content (AvgIpc) is 2.35. The molecule has 2 aromatic carbocycles. The summed E-state index contributed by atoms with van der Waals surface area (Å²) in [5, 5.41) is 4.86. The molecule has 104 valence electrons. The third-order valence-corrected chi connectivity index (χ3v) is 4.49. The van der Waals surface area contributed by atoms with E-state index in [9.17, 15) is 0 Å². The lowest BCUT2D eigenvalue weighted by Gasteiger charge is -2.37. The minimum atomic E-state index is 0.499. The summed E-state index contributed by atoms with van der Waals surface area (Å²) in [5.74, 6) is 0.665. The SMILES string of the molecule is Cc1cccc(C2CC(Nc3ccc(Cl)cc3Cl)C2)c1. The molecule has 3 rings (SSSR count). The van der Waals surface area contributed by atoms with Crippen molar-refractivity contribution in [1.82, 2.24) is 0 Å². The van der Waals surface area contributed by atoms with Crippen molar-refractivity contribution in [3.05, 3.63) is 63.6 Å². The van der Waals surface area contributed by atoms with E-state index < -0.39 is 0 Å². The Morgan fingerprint density at radius 3 is 2.55 bits per heavy atom. The summed E-state index contributed by atoms with van der Waals surface area (Å²) in [6, 6.07) is 14.9. The molecule has 0 radical (unpaired) electrons. The number of benzene rings is 2. The van der Waals surface area contributed by atoms with Gasteiger partial charge in [-0.3, -0.25) is 0 Å². The monoisotopic (exact) mass is 305 g/mol. The van der Waals surface area contributed by atoms with Crippen molar-refractivity contribution in [3.63, 3.8) is 0 Å². The van der Waals surface area contributed by atoms with E-state index in [0.717, 1.165) is 18.5 Å². The molecule has 1 N–H and O–H groups in total. The molecule has 20 heavy (non-hydrogen) atoms. The van der Waals surface area contributed by atoms with Crippen LogP contribution in [0.2, 0.25) is 10.0 Å². The number of rotatable bonds is 3. The van der Waals surface area contributed by atoms with Gasteiger partial charge in [-0.15, -0.1) is 0 Å². The molecule has 0 aliphatic heterocycles. The molecular weight excluding hydrogens is 289 g/mol. The van der Waals surface area contributed by atoms with E-state index in [1.165, 1.54) is 11.1 Å². The highest BCUT2D eigenvalue weighted by Gasteiger charge is 2.30. The number of anilines is 1. The molecule has 1 saturated carbocycles. The predicted octanol–water partition coefficient (Wildman–Crippen LogP) is 5.66. The van der Waals surface area contributed by atoms with Crippen molar-refractivity contribution in [3.8, 4) is 0 Å². The van der Waals surface area contributed by atoms with Crippen LogP contribution >= 0.6 is 23.2 Å². The molecule has 3 heteroatoms. The molecular formula is C17H17Cl2N. The molecule has 0 aromatic heterocycles. The van der Waals surface area contributed by atoms with E-state index in [1.54, 1.807) is 6.07 Å². The first-order chi connectivity index (χ1) is 9.61. The molecule has 0 saturated heterocycles. The van der Waals surface area contributed by atoms with Crippen LogP contribution in [0, 0.1) is 6.92 Å². The predicted molar refractivity (Wildman–Crippen MR) is 87.0 cm³/mol. The van der Waals surface area contributed by atoms with Crippen molar-refractivity contribution in [1.29, 1.82) is 0 Å². The van der Waals surface area contributed by atoms with Gasteiger partial charge < -0.3 is 5.32 Å². The Hall–Kier alpha value is -1.18. The van der Waals surface area contributed by atoms with Crippen LogP contribution < -0.4 is 5.32 Å². The minimum Gasteiger partial charge on any atom is -0.381 e. The third-order valence-electron chi connectivity index (χ3n) is 3.94. The van der Waals surface area contributed by atoms with Gasteiger partial charge in [0, 0.05) is 11.1 Å². The van der Waals surface area contributed by atoms with E-state index in [2.05, 4.69) is 36.5 Å². The summed E-state index contributed by atoms with van der Waals surface area (Å²) in [7, 11) is 0. The van der Waals surface area contributed by atoms with Gasteiger partial charge in [0.2, 0.25) is 0 Å². The lowest BCUT2D eigenvalue weighted by Crippen LogP contribution is -2.34. The molecule has 0 heterocycles. The Kier molecular flexibility index (Phi) is 3.91. The Morgan fingerprint density at radius 2 is 1.85 bits per heavy atom. The largest absolute Gasteiger partial charge is 0.381 e. The summed E-state index contributed by atoms with van der Waals surface area (Å²) in [6.45, 7) is 2.14. The van der Waals surface area contributed by atoms with Gasteiger partial charge >= 0.3 is 0 Å². The molecule has 1 nitrogen and oxygen atoms in total. The number of aryl methyl sites for hydroxylation is 1. The molecule has 1 aliphatic carbocycles. The molecule has 1 fully saturated rings. The zero-order valence-electron chi connectivity index (χ0n) is 11.4. The maximum absolute atomic E-state index is 6.18. The van der Waals surface area contributed by atoms with E-state index in [4.69, 9.17) is 23.2 Å². The Morgan fingerprint density at radius 1 is 1.05 bits per heavy atom. The molecule has 0 amide bonds. The van der Waals surface area contributed by atoms with Gasteiger partial charge in [-0.2, -0.15) is 0 Å². The van der Waals surface area contributed by atoms with Crippen LogP contribution in [0.4, 0.5) is 5.69 Å². The quantitative estimate of drug-likeness (QED) is 0.771. The first kappa shape index (κ1) is 13.8. The first-order valence-corrected chi connectivity index (χ1v) is 7.65. The van der Waals surface area contributed by atoms with Gasteiger partial charge in [0.1, 0.15) is 0 Å². The number of hydrogen-bond donors (Lipinski definition) is 1. The second kappa shape index (κ2) is 5.67. The van der Waals surface area contributed by atoms with E-state index in [0.29, 0.717) is 22.0 Å². The van der Waals surface area contributed by atoms with Crippen molar-refractivity contribution in [2.75, 3.05) is 5.32 Å². The zero-order valence-corrected chi connectivity index (χ0v) is 12.9. The van der Waals surface area contributed by atoms with Crippen LogP contribution in [-0.4, -0.2) is 6.04 Å². The Bertz CT molecular complexity index is 618. The van der Waals surface area contributed by atoms with Gasteiger partial charge in [0.15, 0.2) is 0 Å². The topological polar surface area (TPSA) is 12.0 Å². The molecule has 0 atom stereocenters. The standard InChI is InChI=1S/C17H17Cl2N/c1-11-3-2-4-12(7-11)13-8-15(9-13)20-17-6-5-14(18)10-16(17)19/h2-7,10,13,15,20H,8-9H2,1H3. The van der Waals surface area contributed by atoms with Gasteiger partial charge in [-0.05, 0) is 49.4 Å². The maximum Gasteiger partial charge on any atom is 0.0652 e. The van der Waals surface area contributed by atoms with Crippen LogP contribution in [0.15, 0.2) is 42.5 Å². The number of nitrogens with one attached hydrogen (secondary N) is 1. The van der Waals surface area contributed by atoms with Crippen LogP contribution in [0.3, 0.4) is 0 Å². The van der Waals surface area contributed by atoms with Gasteiger partial charge in [0.05, 0.1) is 10.7 Å². The first-order valence-electron chi connectivity index (χ1n) is 6.90. The van der Waals surface area contributed by atoms with Crippen molar-refractivity contribution >= 4 is 28.9 Å². The molecule has 0 spiro atoms. The molecule has 2 aromatic rings. The van der Waals surface area contributed by atoms with Crippen molar-refractivity contribution in [2.45, 2.75) is 31.7 Å². The third kappa shape index (κ3) is 2.94. The minimum absolute atomic E-state index is 0.499. The summed E-state index contributed by atoms with van der Waals surface area (Å²) in [4.78, 5) is 0. The second-order valence-electron chi connectivity index (χ2n) is 5.55. The summed E-state index contributed by atoms with van der Waals surface area (Å²) in [6.07, 6.45) is 2.31. The van der Waals surface area contributed by atoms with Crippen LogP contribution in [0.1, 0.15) is 29.9 Å². The fourth-order valence-electron chi connectivity index (χ4n) is 2.76. The van der Waals surface area contributed by atoms with E-state index in [1.807, 2.05) is 12.1 Å². The maximum atomic E-state index is 6.18. The van der Waals surface area contributed by atoms with Gasteiger partial charge in [-0.25, -0.2) is 0 Å². The normalized spacial score (nSPS) is 21.4. The molecule has 1 aliphatic rings. The van der Waals surface area contributed by atoms with Crippen LogP contribution in [-0.2, 0) is 0 Å². The van der Waals surface area contributed by atoms with Gasteiger partial charge in [-0.1, -0.05) is 53.0 Å². The fourth-order valence-corrected chi connectivity index (χ4v) is 3.22. The van der Waals surface area contributed by atoms with E-state index in [-0.39, 0.29) is 0 Å². The van der Waals surface area contributed by atoms with Crippen LogP contribution in [0.5, 0.6) is 0 Å². The highest BCUT2D eigenvalue weighted by atomic mass is 35.5. The summed E-state index contributed by atoms with van der Waals surface area (Å²) in [5.41, 5.74) is 3.76. The number of hydrogen-bond acceptors (Lipinski definition) is 1. The Labute approximate surface area is 129 Å². The van der Waals surface area contributed by atoms with Gasteiger partial charge in [0.25, 0.3) is 0 Å². The smallest absolute Gasteiger partial charge is 0.0652 e. The van der Waals surface area contributed by atoms with Crippen molar-refractivity contribution < 1.29 is 0 Å². The average molecular weight is 306 g/mol. The summed E-state index contributed by atoms with van der Waals surface area (Å²) >= 11 is 12.1. The second-order valence-corrected chi connectivity index (χ2v) is 6.39. The number of halogens is 2. The Balaban J connectivity index is 1.61. The highest BCUT2D eigenvalue weighted by molar-refractivity contribution is 6.36. The zero-order chi connectivity index (χ0) is 14.1. The lowest BCUT2D eigenvalue weighted by molar-refractivity contribution is 0.374. The van der Waals surface area contributed by atoms with Crippen LogP contribution in [0.25, 0.3) is 0 Å². The lowest BCUT2D eigenvalue weighted by atomic mass is 9.75. The highest BCUT2D eigenvalue weighted by Crippen LogP contribution is 2.39. The summed E-state index contributed by atoms with van der Waals surface area (Å²) < 4.78 is 0. The molecule has 0 bridgehead atoms. The fraction of sp³-hybridized carbons (Fsp3) is 0.294. The van der Waals surface area contributed by atoms with E-state index >= 15 is 0 Å². The van der Waals surface area contributed by atoms with Crippen molar-refractivity contribution in [2.24, 2.45) is 0 Å².